The first-order valence-electron chi connectivity index (χ1n) is 6.04. The first kappa shape index (κ1) is 13.6. The van der Waals surface area contributed by atoms with Crippen LogP contribution in [0.2, 0.25) is 0 Å². The molecule has 1 aliphatic rings. The number of hydrogen-bond acceptors (Lipinski definition) is 3. The van der Waals surface area contributed by atoms with Crippen LogP contribution in [-0.2, 0) is 25.0 Å². The number of alkyl halides is 1. The number of hydrogen-bond donors (Lipinski definition) is 0. The van der Waals surface area contributed by atoms with Crippen molar-refractivity contribution in [3.63, 3.8) is 0 Å². The highest BCUT2D eigenvalue weighted by Crippen LogP contribution is 2.36. The standard InChI is InChI=1S/C14H17BrO3/c1-17-13(16)14(6-8-18-9-7-14)12-4-2-11(10-15)3-5-12/h2-5H,6-10H2,1H3. The van der Waals surface area contributed by atoms with E-state index in [4.69, 9.17) is 9.47 Å². The van der Waals surface area contributed by atoms with Crippen LogP contribution in [0.5, 0.6) is 0 Å². The van der Waals surface area contributed by atoms with Crippen molar-refractivity contribution in [3.8, 4) is 0 Å². The molecule has 0 aliphatic carbocycles. The summed E-state index contributed by atoms with van der Waals surface area (Å²) in [4.78, 5) is 12.2. The predicted molar refractivity (Wildman–Crippen MR) is 72.8 cm³/mol. The van der Waals surface area contributed by atoms with Gasteiger partial charge in [-0.05, 0) is 24.0 Å². The molecule has 0 unspecified atom stereocenters. The van der Waals surface area contributed by atoms with Gasteiger partial charge in [0.1, 0.15) is 0 Å². The van der Waals surface area contributed by atoms with Gasteiger partial charge in [-0.2, -0.15) is 0 Å². The largest absolute Gasteiger partial charge is 0.468 e. The normalized spacial score (nSPS) is 18.3. The molecule has 98 valence electrons. The molecule has 0 bridgehead atoms. The minimum atomic E-state index is -0.530. The molecule has 0 amide bonds. The maximum Gasteiger partial charge on any atom is 0.316 e. The first-order valence-corrected chi connectivity index (χ1v) is 7.16. The second kappa shape index (κ2) is 5.85. The second-order valence-corrected chi connectivity index (χ2v) is 5.08. The van der Waals surface area contributed by atoms with E-state index in [9.17, 15) is 4.79 Å². The molecule has 2 rings (SSSR count). The molecule has 18 heavy (non-hydrogen) atoms. The van der Waals surface area contributed by atoms with E-state index in [0.717, 1.165) is 10.9 Å². The highest BCUT2D eigenvalue weighted by molar-refractivity contribution is 9.08. The minimum Gasteiger partial charge on any atom is -0.468 e. The van der Waals surface area contributed by atoms with Gasteiger partial charge in [0.25, 0.3) is 0 Å². The van der Waals surface area contributed by atoms with E-state index >= 15 is 0 Å². The fourth-order valence-electron chi connectivity index (χ4n) is 2.44. The molecule has 0 spiro atoms. The van der Waals surface area contributed by atoms with Gasteiger partial charge in [0.2, 0.25) is 0 Å². The van der Waals surface area contributed by atoms with Crippen molar-refractivity contribution >= 4 is 21.9 Å². The first-order chi connectivity index (χ1) is 8.73. The van der Waals surface area contributed by atoms with Crippen LogP contribution in [0.4, 0.5) is 0 Å². The number of halogens is 1. The van der Waals surface area contributed by atoms with E-state index in [1.165, 1.54) is 12.7 Å². The Balaban J connectivity index is 2.35. The van der Waals surface area contributed by atoms with Crippen molar-refractivity contribution in [1.82, 2.24) is 0 Å². The number of ether oxygens (including phenoxy) is 2. The van der Waals surface area contributed by atoms with E-state index in [-0.39, 0.29) is 5.97 Å². The van der Waals surface area contributed by atoms with Gasteiger partial charge in [0, 0.05) is 18.5 Å². The molecular formula is C14H17BrO3. The maximum absolute atomic E-state index is 12.2. The Morgan fingerprint density at radius 3 is 2.44 bits per heavy atom. The van der Waals surface area contributed by atoms with E-state index in [0.29, 0.717) is 26.1 Å². The van der Waals surface area contributed by atoms with Crippen molar-refractivity contribution in [3.05, 3.63) is 35.4 Å². The SMILES string of the molecule is COC(=O)C1(c2ccc(CBr)cc2)CCOCC1. The average molecular weight is 313 g/mol. The van der Waals surface area contributed by atoms with Crippen molar-refractivity contribution in [2.45, 2.75) is 23.6 Å². The zero-order chi connectivity index (χ0) is 13.0. The Hall–Kier alpha value is -0.870. The van der Waals surface area contributed by atoms with Gasteiger partial charge < -0.3 is 9.47 Å². The highest BCUT2D eigenvalue weighted by atomic mass is 79.9. The summed E-state index contributed by atoms with van der Waals surface area (Å²) in [6, 6.07) is 8.14. The third kappa shape index (κ3) is 2.45. The Labute approximate surface area is 116 Å². The zero-order valence-corrected chi connectivity index (χ0v) is 12.0. The van der Waals surface area contributed by atoms with Gasteiger partial charge >= 0.3 is 5.97 Å². The van der Waals surface area contributed by atoms with Crippen LogP contribution in [0.25, 0.3) is 0 Å². The molecule has 1 heterocycles. The topological polar surface area (TPSA) is 35.5 Å². The lowest BCUT2D eigenvalue weighted by atomic mass is 9.74. The monoisotopic (exact) mass is 312 g/mol. The van der Waals surface area contributed by atoms with Crippen LogP contribution in [0.3, 0.4) is 0 Å². The summed E-state index contributed by atoms with van der Waals surface area (Å²) in [5.74, 6) is -0.155. The second-order valence-electron chi connectivity index (χ2n) is 4.52. The lowest BCUT2D eigenvalue weighted by Crippen LogP contribution is -2.42. The molecule has 0 N–H and O–H groups in total. The predicted octanol–water partition coefficient (Wildman–Crippen LogP) is 2.80. The summed E-state index contributed by atoms with van der Waals surface area (Å²) < 4.78 is 10.4. The molecule has 4 heteroatoms. The molecular weight excluding hydrogens is 296 g/mol. The van der Waals surface area contributed by atoms with Gasteiger partial charge in [-0.25, -0.2) is 0 Å². The lowest BCUT2D eigenvalue weighted by Gasteiger charge is -2.34. The van der Waals surface area contributed by atoms with Gasteiger partial charge in [-0.3, -0.25) is 4.79 Å². The van der Waals surface area contributed by atoms with Gasteiger partial charge in [0.15, 0.2) is 0 Å². The Morgan fingerprint density at radius 2 is 1.94 bits per heavy atom. The number of carbonyl (C=O) groups is 1. The van der Waals surface area contributed by atoms with Crippen molar-refractivity contribution < 1.29 is 14.3 Å². The maximum atomic E-state index is 12.2. The van der Waals surface area contributed by atoms with Crippen LogP contribution in [0.15, 0.2) is 24.3 Å². The highest BCUT2D eigenvalue weighted by Gasteiger charge is 2.42. The molecule has 1 fully saturated rings. The third-order valence-corrected chi connectivity index (χ3v) is 4.23. The Bertz CT molecular complexity index is 408. The fraction of sp³-hybridized carbons (Fsp3) is 0.500. The van der Waals surface area contributed by atoms with Crippen LogP contribution in [0, 0.1) is 0 Å². The summed E-state index contributed by atoms with van der Waals surface area (Å²) in [6.07, 6.45) is 1.38. The molecule has 0 radical (unpaired) electrons. The molecule has 0 saturated carbocycles. The Kier molecular flexibility index (Phi) is 4.40. The summed E-state index contributed by atoms with van der Waals surface area (Å²) in [6.45, 7) is 1.21. The molecule has 1 aliphatic heterocycles. The number of carbonyl (C=O) groups excluding carboxylic acids is 1. The molecule has 1 aromatic carbocycles. The van der Waals surface area contributed by atoms with Crippen LogP contribution in [-0.4, -0.2) is 26.3 Å². The summed E-state index contributed by atoms with van der Waals surface area (Å²) >= 11 is 3.42. The number of esters is 1. The minimum absolute atomic E-state index is 0.155. The fourth-order valence-corrected chi connectivity index (χ4v) is 2.81. The van der Waals surface area contributed by atoms with Gasteiger partial charge in [0.05, 0.1) is 12.5 Å². The number of rotatable bonds is 3. The number of benzene rings is 1. The van der Waals surface area contributed by atoms with Gasteiger partial charge in [-0.15, -0.1) is 0 Å². The quantitative estimate of drug-likeness (QED) is 0.636. The molecule has 0 aromatic heterocycles. The van der Waals surface area contributed by atoms with Crippen LogP contribution < -0.4 is 0 Å². The third-order valence-electron chi connectivity index (χ3n) is 3.58. The zero-order valence-electron chi connectivity index (χ0n) is 10.4. The summed E-state index contributed by atoms with van der Waals surface area (Å²) in [5, 5.41) is 0.821. The number of methoxy groups -OCH3 is 1. The lowest BCUT2D eigenvalue weighted by molar-refractivity contribution is -0.151. The molecule has 3 nitrogen and oxygen atoms in total. The van der Waals surface area contributed by atoms with Crippen molar-refractivity contribution in [2.75, 3.05) is 20.3 Å². The smallest absolute Gasteiger partial charge is 0.316 e. The van der Waals surface area contributed by atoms with E-state index in [2.05, 4.69) is 15.9 Å². The summed E-state index contributed by atoms with van der Waals surface area (Å²) in [7, 11) is 1.45. The van der Waals surface area contributed by atoms with Crippen LogP contribution in [0.1, 0.15) is 24.0 Å². The van der Waals surface area contributed by atoms with E-state index < -0.39 is 5.41 Å². The van der Waals surface area contributed by atoms with Gasteiger partial charge in [-0.1, -0.05) is 40.2 Å². The van der Waals surface area contributed by atoms with E-state index in [1.54, 1.807) is 0 Å². The van der Waals surface area contributed by atoms with Crippen LogP contribution >= 0.6 is 15.9 Å². The Morgan fingerprint density at radius 1 is 1.33 bits per heavy atom. The van der Waals surface area contributed by atoms with Crippen molar-refractivity contribution in [1.29, 1.82) is 0 Å². The van der Waals surface area contributed by atoms with E-state index in [1.807, 2.05) is 24.3 Å². The van der Waals surface area contributed by atoms with Crippen molar-refractivity contribution in [2.24, 2.45) is 0 Å². The molecule has 1 saturated heterocycles. The molecule has 0 atom stereocenters. The summed E-state index contributed by atoms with van der Waals surface area (Å²) in [5.41, 5.74) is 1.70. The molecule has 1 aromatic rings. The average Bonchev–Trinajstić information content (AvgIpc) is 2.47.